The van der Waals surface area contributed by atoms with Crippen molar-refractivity contribution in [1.82, 2.24) is 5.32 Å². The zero-order valence-corrected chi connectivity index (χ0v) is 16.7. The Morgan fingerprint density at radius 2 is 1.64 bits per heavy atom. The normalized spacial score (nSPS) is 11.8. The number of amides is 1. The van der Waals surface area contributed by atoms with Gasteiger partial charge in [0.05, 0.1) is 25.7 Å². The average molecular weight is 377 g/mol. The van der Waals surface area contributed by atoms with Gasteiger partial charge in [-0.25, -0.2) is 0 Å². The molecule has 28 heavy (non-hydrogen) atoms. The van der Waals surface area contributed by atoms with Crippen molar-refractivity contribution in [3.63, 3.8) is 0 Å². The summed E-state index contributed by atoms with van der Waals surface area (Å²) in [7, 11) is 0. The Morgan fingerprint density at radius 1 is 0.929 bits per heavy atom. The minimum Gasteiger partial charge on any atom is -0.490 e. The van der Waals surface area contributed by atoms with Gasteiger partial charge in [-0.05, 0) is 54.8 Å². The molecule has 0 aromatic heterocycles. The second-order valence-electron chi connectivity index (χ2n) is 6.68. The number of nitrogens with one attached hydrogen (secondary N) is 1. The van der Waals surface area contributed by atoms with Crippen molar-refractivity contribution in [3.05, 3.63) is 71.8 Å². The molecule has 0 radical (unpaired) electrons. The summed E-state index contributed by atoms with van der Waals surface area (Å²) in [5, 5.41) is 5.36. The van der Waals surface area contributed by atoms with Crippen LogP contribution in [0, 0.1) is 0 Å². The topological polar surface area (TPSA) is 47.6 Å². The van der Waals surface area contributed by atoms with Crippen LogP contribution in [0.4, 0.5) is 0 Å². The van der Waals surface area contributed by atoms with Crippen molar-refractivity contribution in [2.45, 2.75) is 33.2 Å². The third-order valence-corrected chi connectivity index (χ3v) is 4.68. The highest BCUT2D eigenvalue weighted by Crippen LogP contribution is 2.30. The molecular weight excluding hydrogens is 350 g/mol. The molecule has 0 saturated carbocycles. The average Bonchev–Trinajstić information content (AvgIpc) is 2.70. The lowest BCUT2D eigenvalue weighted by atomic mass is 10.0. The second kappa shape index (κ2) is 9.27. The molecule has 1 amide bonds. The van der Waals surface area contributed by atoms with Crippen molar-refractivity contribution in [1.29, 1.82) is 0 Å². The van der Waals surface area contributed by atoms with Gasteiger partial charge in [0.1, 0.15) is 0 Å². The summed E-state index contributed by atoms with van der Waals surface area (Å²) in [5.41, 5.74) is 2.02. The van der Waals surface area contributed by atoms with E-state index in [1.807, 2.05) is 63.2 Å². The minimum absolute atomic E-state index is 0.00398. The summed E-state index contributed by atoms with van der Waals surface area (Å²) < 4.78 is 11.3. The molecule has 0 saturated heterocycles. The van der Waals surface area contributed by atoms with Crippen LogP contribution in [0.2, 0.25) is 0 Å². The van der Waals surface area contributed by atoms with Gasteiger partial charge in [0.2, 0.25) is 5.91 Å². The Balaban J connectivity index is 1.72. The van der Waals surface area contributed by atoms with Crippen LogP contribution in [-0.4, -0.2) is 19.1 Å². The van der Waals surface area contributed by atoms with Gasteiger partial charge in [-0.15, -0.1) is 0 Å². The highest BCUT2D eigenvalue weighted by atomic mass is 16.5. The molecule has 1 N–H and O–H groups in total. The lowest BCUT2D eigenvalue weighted by molar-refractivity contribution is -0.121. The van der Waals surface area contributed by atoms with Crippen molar-refractivity contribution in [3.8, 4) is 11.5 Å². The predicted octanol–water partition coefficient (Wildman–Crippen LogP) is 5.06. The number of fused-ring (bicyclic) bond motifs is 1. The van der Waals surface area contributed by atoms with E-state index in [1.54, 1.807) is 0 Å². The monoisotopic (exact) mass is 377 g/mol. The SMILES string of the molecule is CCOc1ccc([C@H](C)NC(=O)Cc2cccc3ccccc23)cc1OCC. The fraction of sp³-hybridized carbons (Fsp3) is 0.292. The number of carbonyl (C=O) groups excluding carboxylic acids is 1. The quantitative estimate of drug-likeness (QED) is 0.597. The Labute approximate surface area is 166 Å². The molecule has 0 bridgehead atoms. The molecule has 3 aromatic rings. The molecule has 1 atom stereocenters. The summed E-state index contributed by atoms with van der Waals surface area (Å²) in [5.74, 6) is 1.43. The van der Waals surface area contributed by atoms with E-state index in [0.29, 0.717) is 25.4 Å². The van der Waals surface area contributed by atoms with Gasteiger partial charge in [-0.2, -0.15) is 0 Å². The van der Waals surface area contributed by atoms with Crippen LogP contribution in [-0.2, 0) is 11.2 Å². The molecule has 0 heterocycles. The molecule has 0 spiro atoms. The Bertz CT molecular complexity index is 946. The largest absolute Gasteiger partial charge is 0.490 e. The maximum Gasteiger partial charge on any atom is 0.224 e. The Hall–Kier alpha value is -3.01. The maximum absolute atomic E-state index is 12.7. The summed E-state index contributed by atoms with van der Waals surface area (Å²) in [6, 6.07) is 19.9. The lowest BCUT2D eigenvalue weighted by Gasteiger charge is -2.18. The van der Waals surface area contributed by atoms with E-state index in [9.17, 15) is 4.79 Å². The van der Waals surface area contributed by atoms with Crippen molar-refractivity contribution < 1.29 is 14.3 Å². The number of carbonyl (C=O) groups is 1. The molecule has 3 rings (SSSR count). The number of rotatable bonds is 8. The fourth-order valence-corrected chi connectivity index (χ4v) is 3.33. The highest BCUT2D eigenvalue weighted by molar-refractivity contribution is 5.90. The first-order valence-corrected chi connectivity index (χ1v) is 9.78. The molecule has 4 heteroatoms. The van der Waals surface area contributed by atoms with Gasteiger partial charge in [-0.3, -0.25) is 4.79 Å². The molecular formula is C24H27NO3. The summed E-state index contributed by atoms with van der Waals surface area (Å²) in [6.45, 7) is 7.01. The maximum atomic E-state index is 12.7. The summed E-state index contributed by atoms with van der Waals surface area (Å²) in [6.07, 6.45) is 0.348. The third kappa shape index (κ3) is 4.63. The van der Waals surface area contributed by atoms with E-state index in [4.69, 9.17) is 9.47 Å². The van der Waals surface area contributed by atoms with Gasteiger partial charge < -0.3 is 14.8 Å². The van der Waals surface area contributed by atoms with Crippen LogP contribution in [0.25, 0.3) is 10.8 Å². The first-order valence-electron chi connectivity index (χ1n) is 9.78. The highest BCUT2D eigenvalue weighted by Gasteiger charge is 2.14. The third-order valence-electron chi connectivity index (χ3n) is 4.68. The van der Waals surface area contributed by atoms with E-state index in [2.05, 4.69) is 23.5 Å². The van der Waals surface area contributed by atoms with Crippen LogP contribution >= 0.6 is 0 Å². The zero-order valence-electron chi connectivity index (χ0n) is 16.7. The molecule has 0 fully saturated rings. The van der Waals surface area contributed by atoms with E-state index < -0.39 is 0 Å². The second-order valence-corrected chi connectivity index (χ2v) is 6.68. The van der Waals surface area contributed by atoms with E-state index in [-0.39, 0.29) is 11.9 Å². The van der Waals surface area contributed by atoms with Gasteiger partial charge in [0, 0.05) is 0 Å². The zero-order chi connectivity index (χ0) is 19.9. The molecule has 0 unspecified atom stereocenters. The van der Waals surface area contributed by atoms with Crippen molar-refractivity contribution >= 4 is 16.7 Å². The smallest absolute Gasteiger partial charge is 0.224 e. The van der Waals surface area contributed by atoms with Crippen LogP contribution < -0.4 is 14.8 Å². The number of hydrogen-bond donors (Lipinski definition) is 1. The predicted molar refractivity (Wildman–Crippen MR) is 113 cm³/mol. The van der Waals surface area contributed by atoms with Gasteiger partial charge in [0.15, 0.2) is 11.5 Å². The van der Waals surface area contributed by atoms with E-state index in [1.165, 1.54) is 0 Å². The van der Waals surface area contributed by atoms with Gasteiger partial charge in [0.25, 0.3) is 0 Å². The summed E-state index contributed by atoms with van der Waals surface area (Å²) >= 11 is 0. The van der Waals surface area contributed by atoms with Crippen LogP contribution in [0.15, 0.2) is 60.7 Å². The van der Waals surface area contributed by atoms with Crippen molar-refractivity contribution in [2.24, 2.45) is 0 Å². The number of ether oxygens (including phenoxy) is 2. The summed E-state index contributed by atoms with van der Waals surface area (Å²) in [4.78, 5) is 12.7. The lowest BCUT2D eigenvalue weighted by Crippen LogP contribution is -2.28. The van der Waals surface area contributed by atoms with Crippen molar-refractivity contribution in [2.75, 3.05) is 13.2 Å². The Morgan fingerprint density at radius 3 is 2.43 bits per heavy atom. The molecule has 0 aliphatic heterocycles. The molecule has 146 valence electrons. The standard InChI is InChI=1S/C24H27NO3/c1-4-27-22-14-13-19(15-23(22)28-5-2)17(3)25-24(26)16-20-11-8-10-18-9-6-7-12-21(18)20/h6-15,17H,4-5,16H2,1-3H3,(H,25,26)/t17-/m0/s1. The first-order chi connectivity index (χ1) is 13.6. The molecule has 3 aromatic carbocycles. The number of benzene rings is 3. The van der Waals surface area contributed by atoms with Gasteiger partial charge >= 0.3 is 0 Å². The minimum atomic E-state index is -0.127. The van der Waals surface area contributed by atoms with E-state index in [0.717, 1.165) is 27.6 Å². The van der Waals surface area contributed by atoms with Crippen LogP contribution in [0.3, 0.4) is 0 Å². The molecule has 0 aliphatic rings. The molecule has 0 aliphatic carbocycles. The Kier molecular flexibility index (Phi) is 6.53. The fourth-order valence-electron chi connectivity index (χ4n) is 3.33. The van der Waals surface area contributed by atoms with Crippen LogP contribution in [0.5, 0.6) is 11.5 Å². The number of hydrogen-bond acceptors (Lipinski definition) is 3. The van der Waals surface area contributed by atoms with Gasteiger partial charge in [-0.1, -0.05) is 48.5 Å². The van der Waals surface area contributed by atoms with E-state index >= 15 is 0 Å². The first kappa shape index (κ1) is 19.7. The molecule has 4 nitrogen and oxygen atoms in total. The van der Waals surface area contributed by atoms with Crippen LogP contribution in [0.1, 0.15) is 37.9 Å².